The van der Waals surface area contributed by atoms with Crippen LogP contribution < -0.4 is 10.1 Å². The van der Waals surface area contributed by atoms with Gasteiger partial charge in [0.05, 0.1) is 0 Å². The third kappa shape index (κ3) is 4.10. The molecule has 1 N–H and O–H groups in total. The van der Waals surface area contributed by atoms with E-state index in [0.29, 0.717) is 11.6 Å². The van der Waals surface area contributed by atoms with Crippen molar-refractivity contribution in [2.45, 2.75) is 13.8 Å². The van der Waals surface area contributed by atoms with E-state index in [1.807, 2.05) is 56.3 Å². The monoisotopic (exact) mass is 256 g/mol. The largest absolute Gasteiger partial charge is 0.484 e. The molecule has 0 atom stereocenters. The lowest BCUT2D eigenvalue weighted by molar-refractivity contribution is -0.118. The fourth-order valence-corrected chi connectivity index (χ4v) is 1.75. The average molecular weight is 256 g/mol. The van der Waals surface area contributed by atoms with Gasteiger partial charge in [-0.2, -0.15) is 0 Å². The maximum Gasteiger partial charge on any atom is 0.263 e. The number of aryl methyl sites for hydroxylation is 2. The van der Waals surface area contributed by atoms with Crippen LogP contribution >= 0.6 is 0 Å². The van der Waals surface area contributed by atoms with Gasteiger partial charge in [0.15, 0.2) is 6.61 Å². The maximum absolute atomic E-state index is 11.7. The number of hydrogen-bond acceptors (Lipinski definition) is 3. The Hall–Kier alpha value is -2.36. The topological polar surface area (TPSA) is 51.2 Å². The Morgan fingerprint density at radius 2 is 1.95 bits per heavy atom. The minimum absolute atomic E-state index is 0.0291. The first-order valence-electron chi connectivity index (χ1n) is 6.06. The number of para-hydroxylation sites is 1. The SMILES string of the molecule is Cc1cc(C)nc(NC(=O)COc2ccccc2)c1. The molecule has 0 spiro atoms. The van der Waals surface area contributed by atoms with Crippen LogP contribution in [-0.4, -0.2) is 17.5 Å². The Kier molecular flexibility index (Phi) is 4.13. The quantitative estimate of drug-likeness (QED) is 0.915. The van der Waals surface area contributed by atoms with Crippen LogP contribution in [0.2, 0.25) is 0 Å². The molecule has 0 saturated carbocycles. The summed E-state index contributed by atoms with van der Waals surface area (Å²) >= 11 is 0. The van der Waals surface area contributed by atoms with Gasteiger partial charge < -0.3 is 10.1 Å². The van der Waals surface area contributed by atoms with E-state index in [9.17, 15) is 4.79 Å². The third-order valence-corrected chi connectivity index (χ3v) is 2.48. The predicted octanol–water partition coefficient (Wildman–Crippen LogP) is 2.72. The van der Waals surface area contributed by atoms with Crippen molar-refractivity contribution in [3.05, 3.63) is 53.7 Å². The Morgan fingerprint density at radius 3 is 2.63 bits per heavy atom. The van der Waals surface area contributed by atoms with Gasteiger partial charge in [-0.15, -0.1) is 0 Å². The minimum atomic E-state index is -0.221. The summed E-state index contributed by atoms with van der Waals surface area (Å²) in [5, 5.41) is 2.72. The van der Waals surface area contributed by atoms with Gasteiger partial charge in [0.2, 0.25) is 0 Å². The summed E-state index contributed by atoms with van der Waals surface area (Å²) < 4.78 is 5.36. The van der Waals surface area contributed by atoms with Crippen LogP contribution in [0.3, 0.4) is 0 Å². The summed E-state index contributed by atoms with van der Waals surface area (Å²) in [6.45, 7) is 3.83. The normalized spacial score (nSPS) is 10.0. The zero-order valence-electron chi connectivity index (χ0n) is 11.0. The number of ether oxygens (including phenoxy) is 1. The maximum atomic E-state index is 11.7. The first-order valence-corrected chi connectivity index (χ1v) is 6.06. The van der Waals surface area contributed by atoms with Gasteiger partial charge in [-0.1, -0.05) is 18.2 Å². The van der Waals surface area contributed by atoms with Gasteiger partial charge in [-0.25, -0.2) is 4.98 Å². The van der Waals surface area contributed by atoms with E-state index >= 15 is 0 Å². The second kappa shape index (κ2) is 6.00. The third-order valence-electron chi connectivity index (χ3n) is 2.48. The highest BCUT2D eigenvalue weighted by Crippen LogP contribution is 2.10. The summed E-state index contributed by atoms with van der Waals surface area (Å²) in [7, 11) is 0. The Balaban J connectivity index is 1.91. The molecule has 0 aliphatic rings. The summed E-state index contributed by atoms with van der Waals surface area (Å²) in [4.78, 5) is 16.0. The van der Waals surface area contributed by atoms with Crippen LogP contribution in [0.4, 0.5) is 5.82 Å². The van der Waals surface area contributed by atoms with Crippen molar-refractivity contribution < 1.29 is 9.53 Å². The Bertz CT molecular complexity index is 547. The molecule has 1 aromatic heterocycles. The molecule has 0 aliphatic heterocycles. The van der Waals surface area contributed by atoms with Gasteiger partial charge in [-0.05, 0) is 43.7 Å². The number of benzene rings is 1. The number of rotatable bonds is 4. The van der Waals surface area contributed by atoms with Crippen molar-refractivity contribution in [2.75, 3.05) is 11.9 Å². The van der Waals surface area contributed by atoms with Crippen LogP contribution in [-0.2, 0) is 4.79 Å². The number of aromatic nitrogens is 1. The van der Waals surface area contributed by atoms with E-state index in [-0.39, 0.29) is 12.5 Å². The number of pyridine rings is 1. The van der Waals surface area contributed by atoms with Crippen LogP contribution in [0.5, 0.6) is 5.75 Å². The van der Waals surface area contributed by atoms with E-state index in [2.05, 4.69) is 10.3 Å². The first-order chi connectivity index (χ1) is 9.13. The number of anilines is 1. The molecule has 0 bridgehead atoms. The van der Waals surface area contributed by atoms with Gasteiger partial charge in [0, 0.05) is 5.69 Å². The molecular formula is C15H16N2O2. The molecule has 19 heavy (non-hydrogen) atoms. The average Bonchev–Trinajstić information content (AvgIpc) is 2.36. The predicted molar refractivity (Wildman–Crippen MR) is 74.3 cm³/mol. The van der Waals surface area contributed by atoms with Crippen molar-refractivity contribution in [3.63, 3.8) is 0 Å². The zero-order valence-corrected chi connectivity index (χ0v) is 11.0. The second-order valence-electron chi connectivity index (χ2n) is 4.32. The van der Waals surface area contributed by atoms with Crippen LogP contribution in [0.25, 0.3) is 0 Å². The van der Waals surface area contributed by atoms with Gasteiger partial charge in [-0.3, -0.25) is 4.79 Å². The van der Waals surface area contributed by atoms with Crippen molar-refractivity contribution in [3.8, 4) is 5.75 Å². The van der Waals surface area contributed by atoms with Crippen molar-refractivity contribution in [1.82, 2.24) is 4.98 Å². The molecule has 1 amide bonds. The number of hydrogen-bond donors (Lipinski definition) is 1. The molecule has 1 heterocycles. The molecular weight excluding hydrogens is 240 g/mol. The highest BCUT2D eigenvalue weighted by atomic mass is 16.5. The minimum Gasteiger partial charge on any atom is -0.484 e. The lowest BCUT2D eigenvalue weighted by Crippen LogP contribution is -2.21. The number of nitrogens with zero attached hydrogens (tertiary/aromatic N) is 1. The molecule has 0 aliphatic carbocycles. The Morgan fingerprint density at radius 1 is 1.21 bits per heavy atom. The summed E-state index contributed by atoms with van der Waals surface area (Å²) in [5.74, 6) is 1.01. The lowest BCUT2D eigenvalue weighted by atomic mass is 10.2. The van der Waals surface area contributed by atoms with Crippen LogP contribution in [0.15, 0.2) is 42.5 Å². The van der Waals surface area contributed by atoms with Crippen molar-refractivity contribution >= 4 is 11.7 Å². The molecule has 98 valence electrons. The standard InChI is InChI=1S/C15H16N2O2/c1-11-8-12(2)16-14(9-11)17-15(18)10-19-13-6-4-3-5-7-13/h3-9H,10H2,1-2H3,(H,16,17,18). The molecule has 0 fully saturated rings. The molecule has 0 saturated heterocycles. The van der Waals surface area contributed by atoms with Crippen LogP contribution in [0.1, 0.15) is 11.3 Å². The number of amides is 1. The van der Waals surface area contributed by atoms with Gasteiger partial charge in [0.25, 0.3) is 5.91 Å². The van der Waals surface area contributed by atoms with E-state index in [4.69, 9.17) is 4.74 Å². The lowest BCUT2D eigenvalue weighted by Gasteiger charge is -2.08. The summed E-state index contributed by atoms with van der Waals surface area (Å²) in [6.07, 6.45) is 0. The first kappa shape index (κ1) is 13.1. The molecule has 0 unspecified atom stereocenters. The number of carbonyl (C=O) groups is 1. The fraction of sp³-hybridized carbons (Fsp3) is 0.200. The molecule has 0 radical (unpaired) electrons. The number of carbonyl (C=O) groups excluding carboxylic acids is 1. The molecule has 4 nitrogen and oxygen atoms in total. The molecule has 2 aromatic rings. The van der Waals surface area contributed by atoms with E-state index in [0.717, 1.165) is 11.3 Å². The zero-order chi connectivity index (χ0) is 13.7. The highest BCUT2D eigenvalue weighted by Gasteiger charge is 2.05. The smallest absolute Gasteiger partial charge is 0.263 e. The van der Waals surface area contributed by atoms with Crippen molar-refractivity contribution in [2.24, 2.45) is 0 Å². The Labute approximate surface area is 112 Å². The van der Waals surface area contributed by atoms with Crippen molar-refractivity contribution in [1.29, 1.82) is 0 Å². The molecule has 1 aromatic carbocycles. The van der Waals surface area contributed by atoms with Gasteiger partial charge in [0.1, 0.15) is 11.6 Å². The van der Waals surface area contributed by atoms with Crippen LogP contribution in [0, 0.1) is 13.8 Å². The fourth-order valence-electron chi connectivity index (χ4n) is 1.75. The second-order valence-corrected chi connectivity index (χ2v) is 4.32. The summed E-state index contributed by atoms with van der Waals surface area (Å²) in [5.41, 5.74) is 1.94. The van der Waals surface area contributed by atoms with E-state index in [1.165, 1.54) is 0 Å². The van der Waals surface area contributed by atoms with Gasteiger partial charge >= 0.3 is 0 Å². The summed E-state index contributed by atoms with van der Waals surface area (Å²) in [6, 6.07) is 13.0. The van der Waals surface area contributed by atoms with E-state index in [1.54, 1.807) is 0 Å². The molecule has 2 rings (SSSR count). The van der Waals surface area contributed by atoms with E-state index < -0.39 is 0 Å². The molecule has 4 heteroatoms. The number of nitrogens with one attached hydrogen (secondary N) is 1. The highest BCUT2D eigenvalue weighted by molar-refractivity contribution is 5.91.